The minimum absolute atomic E-state index is 0.0392. The number of nitrogens with one attached hydrogen (secondary N) is 1. The molecule has 0 spiro atoms. The number of carbonyl (C=O) groups excluding carboxylic acids is 1. The summed E-state index contributed by atoms with van der Waals surface area (Å²) in [4.78, 5) is 13.3. The molecule has 1 atom stereocenters. The van der Waals surface area contributed by atoms with Crippen molar-refractivity contribution in [3.05, 3.63) is 64.7 Å². The van der Waals surface area contributed by atoms with E-state index in [1.807, 2.05) is 31.2 Å². The molecule has 0 fully saturated rings. The second-order valence-corrected chi connectivity index (χ2v) is 7.49. The van der Waals surface area contributed by atoms with E-state index < -0.39 is 0 Å². The quantitative estimate of drug-likeness (QED) is 0.686. The first-order valence-corrected chi connectivity index (χ1v) is 10.1. The van der Waals surface area contributed by atoms with Gasteiger partial charge in [0.15, 0.2) is 0 Å². The highest BCUT2D eigenvalue weighted by Gasteiger charge is 2.10. The summed E-state index contributed by atoms with van der Waals surface area (Å²) in [6.45, 7) is 1.97. The van der Waals surface area contributed by atoms with Crippen LogP contribution in [0.15, 0.2) is 53.4 Å². The highest BCUT2D eigenvalue weighted by atomic mass is 35.5. The number of halogens is 1. The molecule has 1 amide bonds. The van der Waals surface area contributed by atoms with Crippen LogP contribution in [-0.2, 0) is 10.5 Å². The van der Waals surface area contributed by atoms with Crippen LogP contribution in [0.2, 0.25) is 5.02 Å². The molecule has 23 heavy (non-hydrogen) atoms. The molecule has 0 radical (unpaired) electrons. The van der Waals surface area contributed by atoms with Crippen LogP contribution in [-0.4, -0.2) is 17.9 Å². The third-order valence-corrected chi connectivity index (χ3v) is 5.37. The maximum Gasteiger partial charge on any atom is 0.230 e. The molecule has 2 aromatic rings. The van der Waals surface area contributed by atoms with E-state index >= 15 is 0 Å². The molecular formula is C18H20ClNOS2. The molecule has 2 nitrogen and oxygen atoms in total. The molecule has 5 heteroatoms. The highest BCUT2D eigenvalue weighted by molar-refractivity contribution is 7.99. The van der Waals surface area contributed by atoms with Crippen molar-refractivity contribution >= 4 is 41.0 Å². The van der Waals surface area contributed by atoms with E-state index in [1.54, 1.807) is 23.5 Å². The maximum atomic E-state index is 12.0. The lowest BCUT2D eigenvalue weighted by molar-refractivity contribution is -0.119. The molecule has 0 aliphatic heterocycles. The van der Waals surface area contributed by atoms with Crippen molar-refractivity contribution < 1.29 is 4.79 Å². The lowest BCUT2D eigenvalue weighted by atomic mass is 10.1. The third kappa shape index (κ3) is 6.13. The normalized spacial score (nSPS) is 12.0. The zero-order chi connectivity index (χ0) is 16.7. The molecule has 0 saturated heterocycles. The van der Waals surface area contributed by atoms with E-state index in [0.717, 1.165) is 11.3 Å². The Bertz CT molecular complexity index is 646. The molecule has 0 aliphatic carbocycles. The van der Waals surface area contributed by atoms with Gasteiger partial charge in [0.2, 0.25) is 5.91 Å². The molecule has 0 aliphatic rings. The average molecular weight is 366 g/mol. The summed E-state index contributed by atoms with van der Waals surface area (Å²) >= 11 is 9.34. The van der Waals surface area contributed by atoms with Crippen LogP contribution >= 0.6 is 35.1 Å². The van der Waals surface area contributed by atoms with Gasteiger partial charge in [-0.3, -0.25) is 4.79 Å². The van der Waals surface area contributed by atoms with E-state index in [1.165, 1.54) is 10.5 Å². The van der Waals surface area contributed by atoms with Crippen LogP contribution in [0, 0.1) is 0 Å². The van der Waals surface area contributed by atoms with Crippen molar-refractivity contribution in [1.82, 2.24) is 5.32 Å². The molecule has 2 aromatic carbocycles. The van der Waals surface area contributed by atoms with Gasteiger partial charge in [-0.15, -0.1) is 23.5 Å². The van der Waals surface area contributed by atoms with Crippen LogP contribution in [0.5, 0.6) is 0 Å². The molecule has 0 heterocycles. The number of carbonyl (C=O) groups is 1. The summed E-state index contributed by atoms with van der Waals surface area (Å²) in [6, 6.07) is 16.0. The Kier molecular flexibility index (Phi) is 7.34. The first kappa shape index (κ1) is 18.2. The van der Waals surface area contributed by atoms with Crippen LogP contribution in [0.3, 0.4) is 0 Å². The fourth-order valence-corrected chi connectivity index (χ4v) is 3.53. The Balaban J connectivity index is 1.76. The topological polar surface area (TPSA) is 29.1 Å². The predicted molar refractivity (Wildman–Crippen MR) is 102 cm³/mol. The van der Waals surface area contributed by atoms with Crippen LogP contribution in [0.4, 0.5) is 0 Å². The first-order valence-electron chi connectivity index (χ1n) is 7.34. The van der Waals surface area contributed by atoms with Gasteiger partial charge >= 0.3 is 0 Å². The Morgan fingerprint density at radius 1 is 1.22 bits per heavy atom. The number of rotatable bonds is 7. The minimum atomic E-state index is -0.0392. The summed E-state index contributed by atoms with van der Waals surface area (Å²) < 4.78 is 0. The third-order valence-electron chi connectivity index (χ3n) is 3.39. The Morgan fingerprint density at radius 3 is 2.61 bits per heavy atom. The maximum absolute atomic E-state index is 12.0. The number of hydrogen-bond acceptors (Lipinski definition) is 3. The van der Waals surface area contributed by atoms with Gasteiger partial charge < -0.3 is 5.32 Å². The predicted octanol–water partition coefficient (Wildman–Crippen LogP) is 5.17. The van der Waals surface area contributed by atoms with Gasteiger partial charge in [0, 0.05) is 15.7 Å². The van der Waals surface area contributed by atoms with Gasteiger partial charge in [-0.05, 0) is 48.6 Å². The van der Waals surface area contributed by atoms with Gasteiger partial charge in [-0.2, -0.15) is 0 Å². The molecule has 1 N–H and O–H groups in total. The van der Waals surface area contributed by atoms with Crippen molar-refractivity contribution in [3.63, 3.8) is 0 Å². The SMILES string of the molecule is CSc1ccc(CSCC(=O)N[C@H](C)c2cccc(Cl)c2)cc1. The van der Waals surface area contributed by atoms with Crippen molar-refractivity contribution in [1.29, 1.82) is 0 Å². The number of amides is 1. The van der Waals surface area contributed by atoms with Crippen LogP contribution in [0.25, 0.3) is 0 Å². The minimum Gasteiger partial charge on any atom is -0.349 e. The van der Waals surface area contributed by atoms with Gasteiger partial charge in [0.05, 0.1) is 11.8 Å². The molecule has 0 saturated carbocycles. The molecule has 0 bridgehead atoms. The standard InChI is InChI=1S/C18H20ClNOS2/c1-13(15-4-3-5-16(19)10-15)20-18(21)12-23-11-14-6-8-17(22-2)9-7-14/h3-10,13H,11-12H2,1-2H3,(H,20,21)/t13-/m1/s1. The number of benzene rings is 2. The van der Waals surface area contributed by atoms with Crippen molar-refractivity contribution in [2.24, 2.45) is 0 Å². The highest BCUT2D eigenvalue weighted by Crippen LogP contribution is 2.19. The Labute approximate surface area is 151 Å². The zero-order valence-electron chi connectivity index (χ0n) is 13.2. The van der Waals surface area contributed by atoms with E-state index in [4.69, 9.17) is 11.6 Å². The number of thioether (sulfide) groups is 2. The summed E-state index contributed by atoms with van der Waals surface area (Å²) in [5.41, 5.74) is 2.26. The van der Waals surface area contributed by atoms with Gasteiger partial charge in [0.1, 0.15) is 0 Å². The molecule has 0 unspecified atom stereocenters. The van der Waals surface area contributed by atoms with E-state index in [0.29, 0.717) is 10.8 Å². The van der Waals surface area contributed by atoms with Crippen LogP contribution in [0.1, 0.15) is 24.1 Å². The smallest absolute Gasteiger partial charge is 0.230 e. The van der Waals surface area contributed by atoms with Gasteiger partial charge in [0.25, 0.3) is 0 Å². The lowest BCUT2D eigenvalue weighted by Gasteiger charge is -2.14. The van der Waals surface area contributed by atoms with E-state index in [2.05, 4.69) is 35.8 Å². The number of hydrogen-bond donors (Lipinski definition) is 1. The van der Waals surface area contributed by atoms with Gasteiger partial charge in [-0.25, -0.2) is 0 Å². The zero-order valence-corrected chi connectivity index (χ0v) is 15.6. The van der Waals surface area contributed by atoms with E-state index in [9.17, 15) is 4.79 Å². The molecule has 0 aromatic heterocycles. The largest absolute Gasteiger partial charge is 0.349 e. The first-order chi connectivity index (χ1) is 11.1. The lowest BCUT2D eigenvalue weighted by Crippen LogP contribution is -2.28. The van der Waals surface area contributed by atoms with Crippen LogP contribution < -0.4 is 5.32 Å². The van der Waals surface area contributed by atoms with Crippen molar-refractivity contribution in [2.45, 2.75) is 23.6 Å². The van der Waals surface area contributed by atoms with Crippen molar-refractivity contribution in [2.75, 3.05) is 12.0 Å². The molecule has 122 valence electrons. The second kappa shape index (κ2) is 9.26. The second-order valence-electron chi connectivity index (χ2n) is 5.19. The Hall–Kier alpha value is -1.10. The molecule has 2 rings (SSSR count). The van der Waals surface area contributed by atoms with E-state index in [-0.39, 0.29) is 11.9 Å². The monoisotopic (exact) mass is 365 g/mol. The fraction of sp³-hybridized carbons (Fsp3) is 0.278. The summed E-state index contributed by atoms with van der Waals surface area (Å²) in [5.74, 6) is 1.34. The average Bonchev–Trinajstić information content (AvgIpc) is 2.55. The summed E-state index contributed by atoms with van der Waals surface area (Å²) in [6.07, 6.45) is 2.06. The summed E-state index contributed by atoms with van der Waals surface area (Å²) in [5, 5.41) is 3.69. The fourth-order valence-electron chi connectivity index (χ4n) is 2.13. The molecular weight excluding hydrogens is 346 g/mol. The van der Waals surface area contributed by atoms with Gasteiger partial charge in [-0.1, -0.05) is 35.9 Å². The summed E-state index contributed by atoms with van der Waals surface area (Å²) in [7, 11) is 0. The van der Waals surface area contributed by atoms with Crippen molar-refractivity contribution in [3.8, 4) is 0 Å². The Morgan fingerprint density at radius 2 is 1.96 bits per heavy atom.